The number of methoxy groups -OCH3 is 1. The van der Waals surface area contributed by atoms with Crippen LogP contribution in [0, 0.1) is 17.6 Å². The predicted molar refractivity (Wildman–Crippen MR) is 105 cm³/mol. The van der Waals surface area contributed by atoms with Crippen molar-refractivity contribution in [3.8, 4) is 5.75 Å². The van der Waals surface area contributed by atoms with Crippen molar-refractivity contribution < 1.29 is 13.5 Å². The minimum atomic E-state index is -0.216. The topological polar surface area (TPSA) is 36.5 Å². The second kappa shape index (κ2) is 8.55. The maximum absolute atomic E-state index is 14.3. The van der Waals surface area contributed by atoms with Gasteiger partial charge in [-0.05, 0) is 49.1 Å². The van der Waals surface area contributed by atoms with Crippen molar-refractivity contribution >= 4 is 0 Å². The number of benzene rings is 2. The Balaban J connectivity index is 1.43. The van der Waals surface area contributed by atoms with Gasteiger partial charge in [-0.3, -0.25) is 15.8 Å². The molecule has 0 radical (unpaired) electrons. The Morgan fingerprint density at radius 3 is 2.71 bits per heavy atom. The van der Waals surface area contributed by atoms with Crippen LogP contribution < -0.4 is 15.6 Å². The van der Waals surface area contributed by atoms with Crippen molar-refractivity contribution in [1.29, 1.82) is 0 Å². The molecule has 0 saturated carbocycles. The van der Waals surface area contributed by atoms with Crippen LogP contribution in [0.5, 0.6) is 5.75 Å². The molecule has 2 aliphatic heterocycles. The minimum absolute atomic E-state index is 0.204. The van der Waals surface area contributed by atoms with Crippen molar-refractivity contribution in [2.75, 3.05) is 26.7 Å². The molecule has 150 valence electrons. The van der Waals surface area contributed by atoms with E-state index in [1.165, 1.54) is 18.2 Å². The van der Waals surface area contributed by atoms with Gasteiger partial charge in [-0.15, -0.1) is 0 Å². The number of likely N-dealkylation sites (tertiary alicyclic amines) is 1. The van der Waals surface area contributed by atoms with Crippen molar-refractivity contribution in [1.82, 2.24) is 15.8 Å². The van der Waals surface area contributed by atoms with Gasteiger partial charge in [-0.25, -0.2) is 8.78 Å². The molecule has 0 aliphatic carbocycles. The fourth-order valence-corrected chi connectivity index (χ4v) is 4.55. The summed E-state index contributed by atoms with van der Waals surface area (Å²) in [6.07, 6.45) is 2.23. The lowest BCUT2D eigenvalue weighted by Gasteiger charge is -2.37. The van der Waals surface area contributed by atoms with Crippen molar-refractivity contribution in [3.05, 3.63) is 65.2 Å². The first kappa shape index (κ1) is 19.3. The second-order valence-corrected chi connectivity index (χ2v) is 7.80. The number of nitrogens with zero attached hydrogens (tertiary/aromatic N) is 1. The van der Waals surface area contributed by atoms with Gasteiger partial charge in [0.15, 0.2) is 0 Å². The van der Waals surface area contributed by atoms with E-state index in [4.69, 9.17) is 4.74 Å². The van der Waals surface area contributed by atoms with Gasteiger partial charge in [-0.1, -0.05) is 18.2 Å². The molecule has 2 saturated heterocycles. The zero-order valence-corrected chi connectivity index (χ0v) is 16.1. The number of piperidine rings is 1. The van der Waals surface area contributed by atoms with Crippen LogP contribution in [0.3, 0.4) is 0 Å². The molecule has 0 bridgehead atoms. The summed E-state index contributed by atoms with van der Waals surface area (Å²) < 4.78 is 32.7. The summed E-state index contributed by atoms with van der Waals surface area (Å²) in [6.45, 7) is 3.33. The maximum atomic E-state index is 14.3. The molecular formula is C22H27F2N3O. The smallest absolute Gasteiger partial charge is 0.131 e. The minimum Gasteiger partial charge on any atom is -0.497 e. The van der Waals surface area contributed by atoms with Crippen LogP contribution in [0.2, 0.25) is 0 Å². The van der Waals surface area contributed by atoms with Crippen LogP contribution in [0.1, 0.15) is 29.9 Å². The molecule has 2 aliphatic rings. The van der Waals surface area contributed by atoms with E-state index in [1.54, 1.807) is 7.11 Å². The number of ether oxygens (including phenoxy) is 1. The van der Waals surface area contributed by atoms with Crippen LogP contribution in [0.15, 0.2) is 42.5 Å². The molecule has 2 N–H and O–H groups in total. The fraction of sp³-hybridized carbons (Fsp3) is 0.455. The Morgan fingerprint density at radius 1 is 1.14 bits per heavy atom. The summed E-state index contributed by atoms with van der Waals surface area (Å²) in [5.41, 5.74) is 8.58. The van der Waals surface area contributed by atoms with Gasteiger partial charge in [0.25, 0.3) is 0 Å². The number of hydrazine groups is 1. The van der Waals surface area contributed by atoms with Gasteiger partial charge >= 0.3 is 0 Å². The quantitative estimate of drug-likeness (QED) is 0.824. The average Bonchev–Trinajstić information content (AvgIpc) is 3.20. The average molecular weight is 387 g/mol. The lowest BCUT2D eigenvalue weighted by Crippen LogP contribution is -2.46. The van der Waals surface area contributed by atoms with E-state index in [0.29, 0.717) is 29.7 Å². The van der Waals surface area contributed by atoms with Crippen molar-refractivity contribution in [2.24, 2.45) is 5.92 Å². The van der Waals surface area contributed by atoms with E-state index in [2.05, 4.69) is 15.8 Å². The standard InChI is InChI=1S/C22H27F2N3O/c1-28-19-9-6-16(21(24)11-19)13-27-10-2-3-17(14-27)22-20(12-25-26-22)15-4-7-18(23)8-5-15/h4-9,11,17,20,22,25-26H,2-3,10,12-14H2,1H3. The highest BCUT2D eigenvalue weighted by molar-refractivity contribution is 5.29. The maximum Gasteiger partial charge on any atom is 0.131 e. The first-order valence-electron chi connectivity index (χ1n) is 9.92. The zero-order valence-electron chi connectivity index (χ0n) is 16.1. The monoisotopic (exact) mass is 387 g/mol. The molecular weight excluding hydrogens is 360 g/mol. The van der Waals surface area contributed by atoms with E-state index in [9.17, 15) is 8.78 Å². The van der Waals surface area contributed by atoms with E-state index in [-0.39, 0.29) is 17.7 Å². The van der Waals surface area contributed by atoms with E-state index < -0.39 is 0 Å². The molecule has 6 heteroatoms. The molecule has 2 fully saturated rings. The predicted octanol–water partition coefficient (Wildman–Crippen LogP) is 3.45. The largest absolute Gasteiger partial charge is 0.497 e. The highest BCUT2D eigenvalue weighted by Gasteiger charge is 2.36. The fourth-order valence-electron chi connectivity index (χ4n) is 4.55. The molecule has 28 heavy (non-hydrogen) atoms. The summed E-state index contributed by atoms with van der Waals surface area (Å²) >= 11 is 0. The van der Waals surface area contributed by atoms with E-state index in [0.717, 1.165) is 38.0 Å². The molecule has 4 nitrogen and oxygen atoms in total. The molecule has 2 aromatic rings. The third-order valence-electron chi connectivity index (χ3n) is 6.03. The highest BCUT2D eigenvalue weighted by atomic mass is 19.1. The van der Waals surface area contributed by atoms with Crippen molar-refractivity contribution in [3.63, 3.8) is 0 Å². The lowest BCUT2D eigenvalue weighted by molar-refractivity contribution is 0.138. The van der Waals surface area contributed by atoms with Crippen LogP contribution in [-0.4, -0.2) is 37.7 Å². The Kier molecular flexibility index (Phi) is 5.90. The van der Waals surface area contributed by atoms with E-state index >= 15 is 0 Å². The van der Waals surface area contributed by atoms with Gasteiger partial charge in [0.1, 0.15) is 17.4 Å². The number of hydrogen-bond donors (Lipinski definition) is 2. The first-order valence-corrected chi connectivity index (χ1v) is 9.92. The summed E-state index contributed by atoms with van der Waals surface area (Å²) in [5.74, 6) is 0.889. The third-order valence-corrected chi connectivity index (χ3v) is 6.03. The van der Waals surface area contributed by atoms with Gasteiger partial charge in [0, 0.05) is 43.2 Å². The molecule has 0 amide bonds. The normalized spacial score (nSPS) is 25.8. The van der Waals surface area contributed by atoms with Gasteiger partial charge < -0.3 is 4.74 Å². The van der Waals surface area contributed by atoms with Crippen LogP contribution in [0.25, 0.3) is 0 Å². The molecule has 3 unspecified atom stereocenters. The van der Waals surface area contributed by atoms with Crippen LogP contribution in [-0.2, 0) is 6.54 Å². The molecule has 0 aromatic heterocycles. The Bertz CT molecular complexity index is 799. The molecule has 2 heterocycles. The SMILES string of the molecule is COc1ccc(CN2CCCC(C3NNCC3c3ccc(F)cc3)C2)c(F)c1. The number of hydrogen-bond acceptors (Lipinski definition) is 4. The Morgan fingerprint density at radius 2 is 1.96 bits per heavy atom. The Labute approximate surface area is 164 Å². The van der Waals surface area contributed by atoms with Gasteiger partial charge in [-0.2, -0.15) is 0 Å². The lowest BCUT2D eigenvalue weighted by atomic mass is 9.81. The van der Waals surface area contributed by atoms with Gasteiger partial charge in [0.05, 0.1) is 7.11 Å². The third kappa shape index (κ3) is 4.19. The molecule has 2 aromatic carbocycles. The number of nitrogens with one attached hydrogen (secondary N) is 2. The number of rotatable bonds is 5. The summed E-state index contributed by atoms with van der Waals surface area (Å²) in [4.78, 5) is 2.33. The second-order valence-electron chi connectivity index (χ2n) is 7.80. The Hall–Kier alpha value is -2.02. The summed E-state index contributed by atoms with van der Waals surface area (Å²) in [5, 5.41) is 0. The van der Waals surface area contributed by atoms with Gasteiger partial charge in [0.2, 0.25) is 0 Å². The first-order chi connectivity index (χ1) is 13.6. The van der Waals surface area contributed by atoms with Crippen LogP contribution >= 0.6 is 0 Å². The van der Waals surface area contributed by atoms with Crippen molar-refractivity contribution in [2.45, 2.75) is 31.3 Å². The van der Waals surface area contributed by atoms with E-state index in [1.807, 2.05) is 24.3 Å². The molecule has 4 rings (SSSR count). The molecule has 0 spiro atoms. The highest BCUT2D eigenvalue weighted by Crippen LogP contribution is 2.32. The summed E-state index contributed by atoms with van der Waals surface area (Å²) in [6, 6.07) is 12.2. The summed E-state index contributed by atoms with van der Waals surface area (Å²) in [7, 11) is 1.55. The molecule has 3 atom stereocenters. The zero-order chi connectivity index (χ0) is 19.5. The van der Waals surface area contributed by atoms with Crippen LogP contribution in [0.4, 0.5) is 8.78 Å². The number of halogens is 2.